The van der Waals surface area contributed by atoms with E-state index in [4.69, 9.17) is 4.42 Å². The Labute approximate surface area is 123 Å². The molecule has 8 heteroatoms. The lowest BCUT2D eigenvalue weighted by Gasteiger charge is -2.26. The van der Waals surface area contributed by atoms with Crippen LogP contribution in [0.15, 0.2) is 10.8 Å². The molecule has 0 bridgehead atoms. The molecule has 1 amide bonds. The van der Waals surface area contributed by atoms with Crippen molar-refractivity contribution in [2.45, 2.75) is 30.6 Å². The molecule has 2 atom stereocenters. The van der Waals surface area contributed by atoms with Gasteiger partial charge >= 0.3 is 0 Å². The van der Waals surface area contributed by atoms with Crippen LogP contribution in [0.25, 0.3) is 0 Å². The Balaban J connectivity index is 1.82. The second-order valence-electron chi connectivity index (χ2n) is 5.55. The standard InChI is InChI=1S/C13H19N3O4S/c1-14-11-12-10(15-8-20-12)4-5-16(13(11)17)7-9-3-2-6-21(9,18)19/h8-9,11,14H,2-7H2,1H3. The molecule has 1 N–H and O–H groups in total. The Kier molecular flexibility index (Phi) is 3.75. The van der Waals surface area contributed by atoms with Crippen molar-refractivity contribution < 1.29 is 17.6 Å². The van der Waals surface area contributed by atoms with Gasteiger partial charge in [0.1, 0.15) is 6.04 Å². The quantitative estimate of drug-likeness (QED) is 0.837. The van der Waals surface area contributed by atoms with E-state index in [2.05, 4.69) is 10.3 Å². The summed E-state index contributed by atoms with van der Waals surface area (Å²) >= 11 is 0. The van der Waals surface area contributed by atoms with Crippen molar-refractivity contribution in [2.24, 2.45) is 0 Å². The van der Waals surface area contributed by atoms with E-state index in [9.17, 15) is 13.2 Å². The largest absolute Gasteiger partial charge is 0.446 e. The van der Waals surface area contributed by atoms with Crippen molar-refractivity contribution in [3.63, 3.8) is 0 Å². The topological polar surface area (TPSA) is 92.5 Å². The molecule has 0 radical (unpaired) electrons. The van der Waals surface area contributed by atoms with Crippen molar-refractivity contribution >= 4 is 15.7 Å². The highest BCUT2D eigenvalue weighted by atomic mass is 32.2. The summed E-state index contributed by atoms with van der Waals surface area (Å²) in [6.07, 6.45) is 3.26. The Bertz CT molecular complexity index is 640. The Hall–Kier alpha value is -1.41. The third-order valence-electron chi connectivity index (χ3n) is 4.29. The number of amides is 1. The number of hydrogen-bond donors (Lipinski definition) is 1. The van der Waals surface area contributed by atoms with Gasteiger partial charge in [-0.3, -0.25) is 4.79 Å². The van der Waals surface area contributed by atoms with Gasteiger partial charge in [0.25, 0.3) is 0 Å². The Morgan fingerprint density at radius 2 is 2.33 bits per heavy atom. The van der Waals surface area contributed by atoms with E-state index in [1.165, 1.54) is 6.39 Å². The second-order valence-corrected chi connectivity index (χ2v) is 7.95. The molecule has 2 aliphatic heterocycles. The van der Waals surface area contributed by atoms with E-state index < -0.39 is 21.1 Å². The van der Waals surface area contributed by atoms with E-state index in [1.807, 2.05) is 0 Å². The van der Waals surface area contributed by atoms with Crippen LogP contribution in [0.2, 0.25) is 0 Å². The van der Waals surface area contributed by atoms with Crippen LogP contribution < -0.4 is 5.32 Å². The number of aromatic nitrogens is 1. The third kappa shape index (κ3) is 2.57. The molecule has 2 unspecified atom stereocenters. The van der Waals surface area contributed by atoms with Gasteiger partial charge in [0.15, 0.2) is 22.0 Å². The van der Waals surface area contributed by atoms with Gasteiger partial charge in [-0.2, -0.15) is 0 Å². The molecule has 3 heterocycles. The summed E-state index contributed by atoms with van der Waals surface area (Å²) < 4.78 is 29.3. The van der Waals surface area contributed by atoms with Gasteiger partial charge in [-0.1, -0.05) is 0 Å². The summed E-state index contributed by atoms with van der Waals surface area (Å²) in [4.78, 5) is 18.4. The minimum Gasteiger partial charge on any atom is -0.446 e. The summed E-state index contributed by atoms with van der Waals surface area (Å²) in [6.45, 7) is 0.742. The van der Waals surface area contributed by atoms with Gasteiger partial charge < -0.3 is 14.6 Å². The van der Waals surface area contributed by atoms with Gasteiger partial charge in [0.05, 0.1) is 16.7 Å². The lowest BCUT2D eigenvalue weighted by molar-refractivity contribution is -0.133. The first-order chi connectivity index (χ1) is 10.0. The fourth-order valence-corrected chi connectivity index (χ4v) is 4.93. The normalized spacial score (nSPS) is 28.4. The summed E-state index contributed by atoms with van der Waals surface area (Å²) in [5, 5.41) is 2.50. The number of carbonyl (C=O) groups is 1. The molecular weight excluding hydrogens is 294 g/mol. The van der Waals surface area contributed by atoms with Crippen LogP contribution in [0, 0.1) is 0 Å². The molecule has 0 aromatic carbocycles. The first-order valence-corrected chi connectivity index (χ1v) is 8.84. The molecule has 1 aromatic rings. The molecule has 116 valence electrons. The molecule has 1 saturated heterocycles. The minimum atomic E-state index is -3.05. The molecule has 0 aliphatic carbocycles. The van der Waals surface area contributed by atoms with Crippen molar-refractivity contribution in [2.75, 3.05) is 25.9 Å². The third-order valence-corrected chi connectivity index (χ3v) is 6.55. The number of likely N-dealkylation sites (N-methyl/N-ethyl adjacent to an activating group) is 1. The minimum absolute atomic E-state index is 0.143. The Morgan fingerprint density at radius 1 is 1.52 bits per heavy atom. The van der Waals surface area contributed by atoms with Crippen LogP contribution in [-0.2, 0) is 21.1 Å². The number of fused-ring (bicyclic) bond motifs is 1. The maximum absolute atomic E-state index is 12.6. The molecule has 0 spiro atoms. The molecule has 3 rings (SSSR count). The number of hydrogen-bond acceptors (Lipinski definition) is 6. The number of nitrogens with one attached hydrogen (secondary N) is 1. The number of rotatable bonds is 3. The van der Waals surface area contributed by atoms with E-state index in [0.29, 0.717) is 31.6 Å². The highest BCUT2D eigenvalue weighted by Crippen LogP contribution is 2.26. The van der Waals surface area contributed by atoms with Crippen LogP contribution >= 0.6 is 0 Å². The van der Waals surface area contributed by atoms with E-state index in [1.54, 1.807) is 11.9 Å². The molecule has 21 heavy (non-hydrogen) atoms. The maximum atomic E-state index is 12.6. The molecule has 1 aromatic heterocycles. The lowest BCUT2D eigenvalue weighted by atomic mass is 10.1. The summed E-state index contributed by atoms with van der Waals surface area (Å²) in [6, 6.07) is -0.589. The van der Waals surface area contributed by atoms with Crippen LogP contribution in [0.4, 0.5) is 0 Å². The smallest absolute Gasteiger partial charge is 0.247 e. The van der Waals surface area contributed by atoms with E-state index in [-0.39, 0.29) is 18.2 Å². The van der Waals surface area contributed by atoms with Crippen LogP contribution in [0.1, 0.15) is 30.3 Å². The first kappa shape index (κ1) is 14.5. The zero-order valence-corrected chi connectivity index (χ0v) is 12.7. The average molecular weight is 313 g/mol. The highest BCUT2D eigenvalue weighted by Gasteiger charge is 2.38. The van der Waals surface area contributed by atoms with Crippen molar-refractivity contribution in [1.82, 2.24) is 15.2 Å². The van der Waals surface area contributed by atoms with Crippen molar-refractivity contribution in [3.8, 4) is 0 Å². The number of nitrogens with zero attached hydrogens (tertiary/aromatic N) is 2. The predicted molar refractivity (Wildman–Crippen MR) is 75.4 cm³/mol. The lowest BCUT2D eigenvalue weighted by Crippen LogP contribution is -2.43. The van der Waals surface area contributed by atoms with Gasteiger partial charge in [-0.25, -0.2) is 13.4 Å². The average Bonchev–Trinajstić information content (AvgIpc) is 2.99. The predicted octanol–water partition coefficient (Wildman–Crippen LogP) is -0.103. The Morgan fingerprint density at radius 3 is 3.00 bits per heavy atom. The van der Waals surface area contributed by atoms with Gasteiger partial charge in [0.2, 0.25) is 5.91 Å². The molecule has 2 aliphatic rings. The van der Waals surface area contributed by atoms with E-state index in [0.717, 1.165) is 5.69 Å². The molecular formula is C13H19N3O4S. The first-order valence-electron chi connectivity index (χ1n) is 7.13. The zero-order chi connectivity index (χ0) is 15.0. The molecule has 0 saturated carbocycles. The zero-order valence-electron chi connectivity index (χ0n) is 11.9. The fourth-order valence-electron chi connectivity index (χ4n) is 3.09. The second kappa shape index (κ2) is 5.42. The van der Waals surface area contributed by atoms with E-state index >= 15 is 0 Å². The van der Waals surface area contributed by atoms with Crippen LogP contribution in [0.5, 0.6) is 0 Å². The number of carbonyl (C=O) groups excluding carboxylic acids is 1. The van der Waals surface area contributed by atoms with Gasteiger partial charge in [-0.15, -0.1) is 0 Å². The summed E-state index contributed by atoms with van der Waals surface area (Å²) in [5.41, 5.74) is 0.763. The van der Waals surface area contributed by atoms with Crippen molar-refractivity contribution in [1.29, 1.82) is 0 Å². The fraction of sp³-hybridized carbons (Fsp3) is 0.692. The van der Waals surface area contributed by atoms with Crippen LogP contribution in [-0.4, -0.2) is 55.3 Å². The van der Waals surface area contributed by atoms with Crippen LogP contribution in [0.3, 0.4) is 0 Å². The SMILES string of the molecule is CNC1C(=O)N(CC2CCCS2(=O)=O)CCc2ncoc21. The molecule has 7 nitrogen and oxygen atoms in total. The molecule has 1 fully saturated rings. The summed E-state index contributed by atoms with van der Waals surface area (Å²) in [7, 11) is -1.37. The van der Waals surface area contributed by atoms with Gasteiger partial charge in [-0.05, 0) is 19.9 Å². The number of oxazole rings is 1. The van der Waals surface area contributed by atoms with Crippen molar-refractivity contribution in [3.05, 3.63) is 17.8 Å². The maximum Gasteiger partial charge on any atom is 0.247 e. The number of sulfone groups is 1. The van der Waals surface area contributed by atoms with Gasteiger partial charge in [0, 0.05) is 19.5 Å². The summed E-state index contributed by atoms with van der Waals surface area (Å²) in [5.74, 6) is 0.631. The monoisotopic (exact) mass is 313 g/mol. The highest BCUT2D eigenvalue weighted by molar-refractivity contribution is 7.92.